The number of benzene rings is 1. The first-order valence-electron chi connectivity index (χ1n) is 11.1. The Morgan fingerprint density at radius 1 is 1.17 bits per heavy atom. The molecule has 1 spiro atoms. The lowest BCUT2D eigenvalue weighted by molar-refractivity contribution is -0.734. The van der Waals surface area contributed by atoms with Gasteiger partial charge in [-0.05, 0) is 18.4 Å². The summed E-state index contributed by atoms with van der Waals surface area (Å²) in [5.41, 5.74) is 0.629. The van der Waals surface area contributed by atoms with Gasteiger partial charge in [0.25, 0.3) is 5.91 Å². The summed E-state index contributed by atoms with van der Waals surface area (Å²) in [6, 6.07) is 7.63. The highest BCUT2D eigenvalue weighted by Crippen LogP contribution is 2.51. The number of nitrogens with zero attached hydrogens (tertiary/aromatic N) is 2. The first-order valence-corrected chi connectivity index (χ1v) is 11.1. The first kappa shape index (κ1) is 20.8. The van der Waals surface area contributed by atoms with Gasteiger partial charge >= 0.3 is 0 Å². The van der Waals surface area contributed by atoms with E-state index >= 15 is 0 Å². The minimum absolute atomic E-state index is 0.0845. The van der Waals surface area contributed by atoms with Crippen LogP contribution in [0.15, 0.2) is 36.9 Å². The molecule has 0 aromatic heterocycles. The molecule has 3 heterocycles. The Balaban J connectivity index is 1.85. The Kier molecular flexibility index (Phi) is 5.30. The maximum Gasteiger partial charge on any atom is 0.294 e. The van der Waals surface area contributed by atoms with Gasteiger partial charge in [-0.2, -0.15) is 0 Å². The summed E-state index contributed by atoms with van der Waals surface area (Å²) in [4.78, 5) is 44.1. The summed E-state index contributed by atoms with van der Waals surface area (Å²) in [7, 11) is 0. The number of carbonyl (C=O) groups excluding carboxylic acids is 3. The molecule has 0 saturated carbocycles. The molecule has 6 nitrogen and oxygen atoms in total. The maximum absolute atomic E-state index is 13.9. The molecule has 2 saturated heterocycles. The Labute approximate surface area is 178 Å². The normalized spacial score (nSPS) is 30.0. The third-order valence-electron chi connectivity index (χ3n) is 6.90. The van der Waals surface area contributed by atoms with Crippen LogP contribution in [0.25, 0.3) is 0 Å². The topological polar surface area (TPSA) is 74.3 Å². The molecule has 0 radical (unpaired) electrons. The molecule has 2 N–H and O–H groups in total. The predicted octanol–water partition coefficient (Wildman–Crippen LogP) is 1.81. The van der Waals surface area contributed by atoms with Gasteiger partial charge in [0.05, 0.1) is 5.69 Å². The van der Waals surface area contributed by atoms with E-state index in [9.17, 15) is 14.4 Å². The molecule has 30 heavy (non-hydrogen) atoms. The van der Waals surface area contributed by atoms with Crippen LogP contribution >= 0.6 is 0 Å². The van der Waals surface area contributed by atoms with Crippen molar-refractivity contribution < 1.29 is 19.7 Å². The fourth-order valence-electron chi connectivity index (χ4n) is 5.78. The molecule has 3 aliphatic rings. The highest BCUT2D eigenvalue weighted by atomic mass is 16.2. The van der Waals surface area contributed by atoms with Crippen LogP contribution in [-0.4, -0.2) is 41.8 Å². The van der Waals surface area contributed by atoms with E-state index in [-0.39, 0.29) is 23.8 Å². The average Bonchev–Trinajstić information content (AvgIpc) is 3.26. The number of hydrogen-bond donors (Lipinski definition) is 1. The van der Waals surface area contributed by atoms with Gasteiger partial charge in [-0.15, -0.1) is 6.58 Å². The van der Waals surface area contributed by atoms with E-state index in [0.717, 1.165) is 30.5 Å². The van der Waals surface area contributed by atoms with Crippen LogP contribution in [0.3, 0.4) is 0 Å². The van der Waals surface area contributed by atoms with E-state index in [1.165, 1.54) is 4.90 Å². The van der Waals surface area contributed by atoms with Crippen molar-refractivity contribution in [3.8, 4) is 0 Å². The van der Waals surface area contributed by atoms with Crippen LogP contribution in [0.1, 0.15) is 45.6 Å². The summed E-state index contributed by atoms with van der Waals surface area (Å²) in [6.45, 7) is 10.9. The first-order chi connectivity index (χ1) is 14.4. The largest absolute Gasteiger partial charge is 0.326 e. The quantitative estimate of drug-likeness (QED) is 0.550. The Morgan fingerprint density at radius 2 is 1.90 bits per heavy atom. The van der Waals surface area contributed by atoms with Gasteiger partial charge < -0.3 is 10.2 Å². The van der Waals surface area contributed by atoms with Gasteiger partial charge in [-0.3, -0.25) is 19.3 Å². The van der Waals surface area contributed by atoms with E-state index in [1.807, 2.05) is 31.2 Å². The van der Waals surface area contributed by atoms with Crippen LogP contribution in [0.2, 0.25) is 0 Å². The van der Waals surface area contributed by atoms with Gasteiger partial charge in [0.2, 0.25) is 17.4 Å². The molecule has 3 aliphatic heterocycles. The molecule has 2 fully saturated rings. The van der Waals surface area contributed by atoms with Gasteiger partial charge in [-0.25, -0.2) is 0 Å². The molecule has 0 aliphatic carbocycles. The van der Waals surface area contributed by atoms with E-state index in [1.54, 1.807) is 11.0 Å². The number of amides is 3. The second kappa shape index (κ2) is 7.65. The lowest BCUT2D eigenvalue weighted by atomic mass is 9.76. The molecule has 0 bridgehead atoms. The van der Waals surface area contributed by atoms with Crippen LogP contribution in [0.4, 0.5) is 5.69 Å². The fraction of sp³-hybridized carbons (Fsp3) is 0.542. The SMILES string of the molecule is C=CCN1C(=O)[C@@]2([NH2+][C@H](CC(C)C)[C@@H]3C(=O)N(CCCC)C(=O)[C@H]32)c2ccccc21. The van der Waals surface area contributed by atoms with Crippen LogP contribution in [0, 0.1) is 17.8 Å². The van der Waals surface area contributed by atoms with Crippen molar-refractivity contribution in [3.05, 3.63) is 42.5 Å². The summed E-state index contributed by atoms with van der Waals surface area (Å²) in [5.74, 6) is -1.09. The monoisotopic (exact) mass is 410 g/mol. The number of anilines is 1. The number of imide groups is 1. The predicted molar refractivity (Wildman–Crippen MR) is 114 cm³/mol. The van der Waals surface area contributed by atoms with E-state index < -0.39 is 17.4 Å². The number of hydrogen-bond acceptors (Lipinski definition) is 3. The standard InChI is InChI=1S/C24H31N3O3/c1-5-7-13-27-21(28)19-17(14-15(3)4)25-24(20(19)22(27)29)16-10-8-9-11-18(16)26(12-6-2)23(24)30/h6,8-11,15,17,19-20,25H,2,5,7,12-14H2,1,3-4H3/p+1/t17-,19+,20+,24-/m1/s1. The van der Waals surface area contributed by atoms with Crippen molar-refractivity contribution in [1.29, 1.82) is 0 Å². The number of rotatable bonds is 7. The average molecular weight is 411 g/mol. The van der Waals surface area contributed by atoms with Gasteiger partial charge in [0.1, 0.15) is 17.9 Å². The van der Waals surface area contributed by atoms with E-state index in [2.05, 4.69) is 25.7 Å². The van der Waals surface area contributed by atoms with Gasteiger partial charge in [0.15, 0.2) is 0 Å². The van der Waals surface area contributed by atoms with Crippen molar-refractivity contribution in [2.24, 2.45) is 17.8 Å². The van der Waals surface area contributed by atoms with Gasteiger partial charge in [0, 0.05) is 25.1 Å². The molecular formula is C24H32N3O3+. The summed E-state index contributed by atoms with van der Waals surface area (Å²) < 4.78 is 0. The zero-order chi connectivity index (χ0) is 21.6. The molecule has 6 heteroatoms. The van der Waals surface area contributed by atoms with Gasteiger partial charge in [-0.1, -0.05) is 51.5 Å². The number of para-hydroxylation sites is 1. The third kappa shape index (κ3) is 2.77. The second-order valence-electron chi connectivity index (χ2n) is 9.24. The molecule has 0 unspecified atom stereocenters. The zero-order valence-electron chi connectivity index (χ0n) is 18.1. The summed E-state index contributed by atoms with van der Waals surface area (Å²) in [5, 5.41) is 2.06. The van der Waals surface area contributed by atoms with Crippen LogP contribution in [0.5, 0.6) is 0 Å². The number of fused-ring (bicyclic) bond motifs is 4. The molecule has 4 atom stereocenters. The number of carbonyl (C=O) groups is 3. The van der Waals surface area contributed by atoms with E-state index in [0.29, 0.717) is 19.0 Å². The molecule has 4 rings (SSSR count). The zero-order valence-corrected chi connectivity index (χ0v) is 18.1. The van der Waals surface area contributed by atoms with Crippen LogP contribution < -0.4 is 10.2 Å². The number of likely N-dealkylation sites (tertiary alicyclic amines) is 1. The van der Waals surface area contributed by atoms with E-state index in [4.69, 9.17) is 0 Å². The highest BCUT2D eigenvalue weighted by molar-refractivity contribution is 6.14. The van der Waals surface area contributed by atoms with Crippen molar-refractivity contribution >= 4 is 23.4 Å². The number of nitrogens with two attached hydrogens (primary N) is 1. The van der Waals surface area contributed by atoms with Crippen molar-refractivity contribution in [1.82, 2.24) is 4.90 Å². The smallest absolute Gasteiger partial charge is 0.294 e. The minimum Gasteiger partial charge on any atom is -0.326 e. The molecule has 160 valence electrons. The summed E-state index contributed by atoms with van der Waals surface area (Å²) in [6.07, 6.45) is 4.20. The third-order valence-corrected chi connectivity index (χ3v) is 6.90. The lowest BCUT2D eigenvalue weighted by Gasteiger charge is -2.27. The molecule has 1 aromatic carbocycles. The Morgan fingerprint density at radius 3 is 2.57 bits per heavy atom. The Hall–Kier alpha value is -2.47. The number of unbranched alkanes of at least 4 members (excludes halogenated alkanes) is 1. The Bertz CT molecular complexity index is 895. The second-order valence-corrected chi connectivity index (χ2v) is 9.24. The van der Waals surface area contributed by atoms with Crippen molar-refractivity contribution in [3.63, 3.8) is 0 Å². The number of quaternary nitrogens is 1. The van der Waals surface area contributed by atoms with Crippen LogP contribution in [-0.2, 0) is 19.9 Å². The fourth-order valence-corrected chi connectivity index (χ4v) is 5.78. The minimum atomic E-state index is -1.06. The lowest BCUT2D eigenvalue weighted by Crippen LogP contribution is -2.99. The molecule has 1 aromatic rings. The maximum atomic E-state index is 13.9. The highest BCUT2D eigenvalue weighted by Gasteiger charge is 2.75. The molecule has 3 amide bonds. The van der Waals surface area contributed by atoms with Crippen molar-refractivity contribution in [2.45, 2.75) is 51.6 Å². The summed E-state index contributed by atoms with van der Waals surface area (Å²) >= 11 is 0. The van der Waals surface area contributed by atoms with Crippen molar-refractivity contribution in [2.75, 3.05) is 18.0 Å². The molecular weight excluding hydrogens is 378 g/mol.